The highest BCUT2D eigenvalue weighted by Gasteiger charge is 2.33. The maximum atomic E-state index is 12.3. The smallest absolute Gasteiger partial charge is 0.306 e. The first kappa shape index (κ1) is 20.4. The molecule has 0 aliphatic heterocycles. The van der Waals surface area contributed by atoms with Crippen molar-refractivity contribution in [3.8, 4) is 0 Å². The molecule has 0 unspecified atom stereocenters. The van der Waals surface area contributed by atoms with Gasteiger partial charge in [-0.1, -0.05) is 24.3 Å². The molecule has 8 heteroatoms. The fourth-order valence-electron chi connectivity index (χ4n) is 3.25. The Kier molecular flexibility index (Phi) is 6.77. The maximum absolute atomic E-state index is 12.3. The Morgan fingerprint density at radius 1 is 1.15 bits per heavy atom. The molecule has 1 amide bonds. The van der Waals surface area contributed by atoms with E-state index in [0.717, 1.165) is 5.56 Å². The third-order valence-electron chi connectivity index (χ3n) is 4.48. The van der Waals surface area contributed by atoms with E-state index in [4.69, 9.17) is 5.11 Å². The van der Waals surface area contributed by atoms with Gasteiger partial charge in [-0.2, -0.15) is 0 Å². The van der Waals surface area contributed by atoms with Crippen LogP contribution in [0.3, 0.4) is 0 Å². The number of carbonyl (C=O) groups is 2. The van der Waals surface area contributed by atoms with Crippen molar-refractivity contribution in [2.45, 2.75) is 51.4 Å². The van der Waals surface area contributed by atoms with Gasteiger partial charge in [0.15, 0.2) is 0 Å². The lowest BCUT2D eigenvalue weighted by molar-refractivity contribution is -0.141. The van der Waals surface area contributed by atoms with Crippen molar-refractivity contribution >= 4 is 21.9 Å². The molecule has 0 spiro atoms. The molecule has 1 aliphatic carbocycles. The Morgan fingerprint density at radius 3 is 2.35 bits per heavy atom. The third-order valence-corrected chi connectivity index (χ3v) is 6.01. The molecule has 2 atom stereocenters. The van der Waals surface area contributed by atoms with Crippen molar-refractivity contribution in [2.75, 3.05) is 0 Å². The number of carboxylic acids is 1. The lowest BCUT2D eigenvalue weighted by Crippen LogP contribution is -2.32. The minimum Gasteiger partial charge on any atom is -0.481 e. The van der Waals surface area contributed by atoms with Crippen LogP contribution in [0.5, 0.6) is 0 Å². The van der Waals surface area contributed by atoms with E-state index >= 15 is 0 Å². The summed E-state index contributed by atoms with van der Waals surface area (Å²) < 4.78 is 26.9. The molecular formula is C18H26N2O5S. The fourth-order valence-corrected chi connectivity index (χ4v) is 4.74. The van der Waals surface area contributed by atoms with E-state index in [1.807, 2.05) is 0 Å². The molecule has 0 radical (unpaired) electrons. The zero-order valence-electron chi connectivity index (χ0n) is 15.1. The molecule has 2 rings (SSSR count). The predicted molar refractivity (Wildman–Crippen MR) is 97.7 cm³/mol. The summed E-state index contributed by atoms with van der Waals surface area (Å²) in [5, 5.41) is 11.9. The van der Waals surface area contributed by atoms with E-state index < -0.39 is 21.9 Å². The number of benzene rings is 1. The second-order valence-electron chi connectivity index (χ2n) is 7.06. The van der Waals surface area contributed by atoms with Gasteiger partial charge in [-0.3, -0.25) is 9.59 Å². The number of carbonyl (C=O) groups excluding carboxylic acids is 1. The summed E-state index contributed by atoms with van der Waals surface area (Å²) in [6, 6.07) is 6.90. The van der Waals surface area contributed by atoms with E-state index in [-0.39, 0.29) is 30.2 Å². The zero-order valence-corrected chi connectivity index (χ0v) is 15.9. The van der Waals surface area contributed by atoms with Gasteiger partial charge in [0.05, 0.1) is 11.7 Å². The Bertz CT molecular complexity index is 761. The Hall–Kier alpha value is -1.93. The molecule has 1 saturated carbocycles. The van der Waals surface area contributed by atoms with Gasteiger partial charge in [0, 0.05) is 18.5 Å². The van der Waals surface area contributed by atoms with Crippen LogP contribution in [0.25, 0.3) is 0 Å². The average molecular weight is 382 g/mol. The van der Waals surface area contributed by atoms with Crippen molar-refractivity contribution < 1.29 is 23.1 Å². The van der Waals surface area contributed by atoms with Gasteiger partial charge < -0.3 is 10.4 Å². The first-order valence-electron chi connectivity index (χ1n) is 8.75. The van der Waals surface area contributed by atoms with Crippen molar-refractivity contribution in [1.82, 2.24) is 10.0 Å². The maximum Gasteiger partial charge on any atom is 0.306 e. The predicted octanol–water partition coefficient (Wildman–Crippen LogP) is 1.63. The summed E-state index contributed by atoms with van der Waals surface area (Å²) in [6.07, 6.45) is 1.44. The largest absolute Gasteiger partial charge is 0.481 e. The van der Waals surface area contributed by atoms with Crippen LogP contribution in [0.15, 0.2) is 24.3 Å². The molecule has 0 saturated heterocycles. The van der Waals surface area contributed by atoms with Crippen molar-refractivity contribution in [3.05, 3.63) is 35.4 Å². The molecule has 0 aromatic heterocycles. The third kappa shape index (κ3) is 5.81. The lowest BCUT2D eigenvalue weighted by atomic mass is 10.0. The molecule has 1 fully saturated rings. The topological polar surface area (TPSA) is 113 Å². The summed E-state index contributed by atoms with van der Waals surface area (Å²) in [4.78, 5) is 23.3. The van der Waals surface area contributed by atoms with E-state index in [9.17, 15) is 18.0 Å². The number of carboxylic acid groups (broad SMARTS) is 1. The molecule has 144 valence electrons. The van der Waals surface area contributed by atoms with Crippen molar-refractivity contribution in [3.63, 3.8) is 0 Å². The molecule has 0 heterocycles. The van der Waals surface area contributed by atoms with Crippen molar-refractivity contribution in [2.24, 2.45) is 11.8 Å². The quantitative estimate of drug-likeness (QED) is 0.633. The van der Waals surface area contributed by atoms with Crippen LogP contribution in [0, 0.1) is 11.8 Å². The summed E-state index contributed by atoms with van der Waals surface area (Å²) in [7, 11) is -3.46. The highest BCUT2D eigenvalue weighted by atomic mass is 32.2. The molecule has 1 aromatic rings. The molecule has 26 heavy (non-hydrogen) atoms. The van der Waals surface area contributed by atoms with Gasteiger partial charge in [-0.25, -0.2) is 13.1 Å². The molecule has 3 N–H and O–H groups in total. The summed E-state index contributed by atoms with van der Waals surface area (Å²) >= 11 is 0. The SMILES string of the molecule is CC(C)NS(=O)(=O)Cc1ccccc1CNC(=O)[C@@H]1CC[C@H](C(=O)O)C1. The fraction of sp³-hybridized carbons (Fsp3) is 0.556. The van der Waals surface area contributed by atoms with Gasteiger partial charge >= 0.3 is 5.97 Å². The summed E-state index contributed by atoms with van der Waals surface area (Å²) in [6.45, 7) is 3.74. The Morgan fingerprint density at radius 2 is 1.77 bits per heavy atom. The lowest BCUT2D eigenvalue weighted by Gasteiger charge is -2.15. The van der Waals surface area contributed by atoms with E-state index in [2.05, 4.69) is 10.0 Å². The van der Waals surface area contributed by atoms with Crippen LogP contribution in [0.2, 0.25) is 0 Å². The molecule has 0 bridgehead atoms. The number of hydrogen-bond donors (Lipinski definition) is 3. The average Bonchev–Trinajstić information content (AvgIpc) is 3.02. The van der Waals surface area contributed by atoms with E-state index in [0.29, 0.717) is 24.8 Å². The van der Waals surface area contributed by atoms with Crippen LogP contribution in [-0.2, 0) is 31.9 Å². The number of amides is 1. The Balaban J connectivity index is 1.98. The second-order valence-corrected chi connectivity index (χ2v) is 8.82. The number of aliphatic carboxylic acids is 1. The number of nitrogens with one attached hydrogen (secondary N) is 2. The van der Waals surface area contributed by atoms with Crippen molar-refractivity contribution in [1.29, 1.82) is 0 Å². The number of hydrogen-bond acceptors (Lipinski definition) is 4. The minimum atomic E-state index is -3.46. The van der Waals surface area contributed by atoms with E-state index in [1.54, 1.807) is 38.1 Å². The van der Waals surface area contributed by atoms with Crippen LogP contribution in [0.1, 0.15) is 44.2 Å². The molecule has 1 aliphatic rings. The highest BCUT2D eigenvalue weighted by Crippen LogP contribution is 2.31. The Labute approximate surface area is 154 Å². The van der Waals surface area contributed by atoms with Gasteiger partial charge in [0.1, 0.15) is 0 Å². The standard InChI is InChI=1S/C18H26N2O5S/c1-12(2)20-26(24,25)11-16-6-4-3-5-15(16)10-19-17(21)13-7-8-14(9-13)18(22)23/h3-6,12-14,20H,7-11H2,1-2H3,(H,19,21)(H,22,23)/t13-,14+/m1/s1. The van der Waals surface area contributed by atoms with E-state index in [1.165, 1.54) is 0 Å². The van der Waals surface area contributed by atoms with Crippen LogP contribution in [0.4, 0.5) is 0 Å². The molecular weight excluding hydrogens is 356 g/mol. The minimum absolute atomic E-state index is 0.151. The highest BCUT2D eigenvalue weighted by molar-refractivity contribution is 7.88. The van der Waals surface area contributed by atoms with Crippen LogP contribution in [-0.4, -0.2) is 31.4 Å². The molecule has 1 aromatic carbocycles. The van der Waals surface area contributed by atoms with Gasteiger partial charge in [0.25, 0.3) is 0 Å². The first-order chi connectivity index (χ1) is 12.2. The normalized spacial score (nSPS) is 20.3. The second kappa shape index (κ2) is 8.64. The number of rotatable bonds is 8. The van der Waals surface area contributed by atoms with Gasteiger partial charge in [-0.05, 0) is 44.2 Å². The van der Waals surface area contributed by atoms with Crippen LogP contribution >= 0.6 is 0 Å². The summed E-state index contributed by atoms with van der Waals surface area (Å²) in [5.41, 5.74) is 1.37. The zero-order chi connectivity index (χ0) is 19.3. The molecule has 7 nitrogen and oxygen atoms in total. The van der Waals surface area contributed by atoms with Crippen LogP contribution < -0.4 is 10.0 Å². The summed E-state index contributed by atoms with van der Waals surface area (Å²) in [5.74, 6) is -1.93. The number of sulfonamides is 1. The van der Waals surface area contributed by atoms with Gasteiger partial charge in [-0.15, -0.1) is 0 Å². The first-order valence-corrected chi connectivity index (χ1v) is 10.4. The van der Waals surface area contributed by atoms with Gasteiger partial charge in [0.2, 0.25) is 15.9 Å². The monoisotopic (exact) mass is 382 g/mol.